The van der Waals surface area contributed by atoms with Crippen molar-refractivity contribution in [3.63, 3.8) is 0 Å². The molecule has 2 N–H and O–H groups in total. The average Bonchev–Trinajstić information content (AvgIpc) is 2.61. The third kappa shape index (κ3) is 5.22. The molecule has 128 valence electrons. The summed E-state index contributed by atoms with van der Waals surface area (Å²) in [6.45, 7) is 5.31. The van der Waals surface area contributed by atoms with E-state index in [2.05, 4.69) is 27.8 Å². The molecule has 2 rings (SSSR count). The number of hydrogen-bond donors (Lipinski definition) is 2. The molecule has 1 amide bonds. The van der Waals surface area contributed by atoms with Gasteiger partial charge in [-0.25, -0.2) is 0 Å². The molecule has 1 aromatic heterocycles. The molecule has 0 saturated carbocycles. The Bertz CT molecular complexity index is 644. The monoisotopic (exact) mass is 328 g/mol. The summed E-state index contributed by atoms with van der Waals surface area (Å²) in [6.07, 6.45) is 3.21. The normalized spacial score (nSPS) is 10.2. The smallest absolute Gasteiger partial charge is 0.271 e. The molecule has 1 aromatic carbocycles. The van der Waals surface area contributed by atoms with Crippen LogP contribution in [0.4, 0.5) is 11.5 Å². The first-order chi connectivity index (χ1) is 11.7. The predicted molar refractivity (Wildman–Crippen MR) is 94.8 cm³/mol. The molecule has 1 heterocycles. The van der Waals surface area contributed by atoms with Gasteiger partial charge in [0.2, 0.25) is 0 Å². The largest absolute Gasteiger partial charge is 0.492 e. The van der Waals surface area contributed by atoms with Gasteiger partial charge in [-0.15, -0.1) is 10.2 Å². The van der Waals surface area contributed by atoms with Crippen molar-refractivity contribution in [1.82, 2.24) is 15.5 Å². The molecule has 0 aliphatic heterocycles. The summed E-state index contributed by atoms with van der Waals surface area (Å²) in [6, 6.07) is 11.0. The van der Waals surface area contributed by atoms with Crippen molar-refractivity contribution in [2.45, 2.75) is 33.1 Å². The number of benzene rings is 1. The van der Waals surface area contributed by atoms with Crippen molar-refractivity contribution in [1.29, 1.82) is 0 Å². The second-order valence-electron chi connectivity index (χ2n) is 5.32. The summed E-state index contributed by atoms with van der Waals surface area (Å²) in [7, 11) is 0. The number of ether oxygens (including phenoxy) is 1. The van der Waals surface area contributed by atoms with E-state index in [1.54, 1.807) is 12.1 Å². The number of para-hydroxylation sites is 2. The number of unbranched alkanes of at least 4 members (excludes halogenated alkanes) is 2. The molecule has 0 fully saturated rings. The van der Waals surface area contributed by atoms with Crippen LogP contribution in [0.25, 0.3) is 0 Å². The summed E-state index contributed by atoms with van der Waals surface area (Å²) in [5, 5.41) is 14.0. The fourth-order valence-corrected chi connectivity index (χ4v) is 2.18. The van der Waals surface area contributed by atoms with Crippen LogP contribution in [0.2, 0.25) is 0 Å². The van der Waals surface area contributed by atoms with Crippen LogP contribution >= 0.6 is 0 Å². The molecule has 0 aliphatic rings. The summed E-state index contributed by atoms with van der Waals surface area (Å²) in [4.78, 5) is 12.0. The second kappa shape index (κ2) is 9.50. The number of carbonyl (C=O) groups is 1. The zero-order chi connectivity index (χ0) is 17.2. The van der Waals surface area contributed by atoms with E-state index in [1.807, 2.05) is 31.2 Å². The van der Waals surface area contributed by atoms with Crippen molar-refractivity contribution in [3.8, 4) is 5.75 Å². The third-order valence-electron chi connectivity index (χ3n) is 3.41. The fraction of sp³-hybridized carbons (Fsp3) is 0.389. The first-order valence-corrected chi connectivity index (χ1v) is 8.35. The highest BCUT2D eigenvalue weighted by molar-refractivity contribution is 5.92. The number of carbonyl (C=O) groups excluding carboxylic acids is 1. The van der Waals surface area contributed by atoms with E-state index < -0.39 is 0 Å². The highest BCUT2D eigenvalue weighted by atomic mass is 16.5. The molecular weight excluding hydrogens is 304 g/mol. The molecule has 0 saturated heterocycles. The lowest BCUT2D eigenvalue weighted by atomic mass is 10.2. The van der Waals surface area contributed by atoms with Gasteiger partial charge in [-0.1, -0.05) is 31.9 Å². The van der Waals surface area contributed by atoms with Crippen LogP contribution in [0.3, 0.4) is 0 Å². The number of rotatable bonds is 9. The van der Waals surface area contributed by atoms with E-state index in [-0.39, 0.29) is 5.91 Å². The number of aromatic nitrogens is 2. The average molecular weight is 328 g/mol. The van der Waals surface area contributed by atoms with Gasteiger partial charge in [-0.3, -0.25) is 4.79 Å². The van der Waals surface area contributed by atoms with E-state index in [9.17, 15) is 4.79 Å². The maximum Gasteiger partial charge on any atom is 0.271 e. The van der Waals surface area contributed by atoms with Gasteiger partial charge in [-0.05, 0) is 37.6 Å². The predicted octanol–water partition coefficient (Wildman–Crippen LogP) is 3.54. The zero-order valence-corrected chi connectivity index (χ0v) is 14.2. The zero-order valence-electron chi connectivity index (χ0n) is 14.2. The van der Waals surface area contributed by atoms with Crippen LogP contribution in [0.15, 0.2) is 36.4 Å². The second-order valence-corrected chi connectivity index (χ2v) is 5.32. The Labute approximate surface area is 142 Å². The van der Waals surface area contributed by atoms with E-state index in [0.717, 1.165) is 30.7 Å². The van der Waals surface area contributed by atoms with Crippen LogP contribution in [-0.2, 0) is 0 Å². The third-order valence-corrected chi connectivity index (χ3v) is 3.41. The Morgan fingerprint density at radius 3 is 2.62 bits per heavy atom. The fourth-order valence-electron chi connectivity index (χ4n) is 2.18. The summed E-state index contributed by atoms with van der Waals surface area (Å²) >= 11 is 0. The Balaban J connectivity index is 1.96. The van der Waals surface area contributed by atoms with E-state index in [1.165, 1.54) is 0 Å². The molecule has 6 heteroatoms. The Hall–Kier alpha value is -2.63. The lowest BCUT2D eigenvalue weighted by molar-refractivity contribution is 0.0947. The standard InChI is InChI=1S/C18H24N4O2/c1-3-5-8-13-19-18(23)15-11-12-17(22-21-15)20-14-9-6-7-10-16(14)24-4-2/h6-7,9-12H,3-5,8,13H2,1-2H3,(H,19,23)(H,20,22). The van der Waals surface area contributed by atoms with Crippen molar-refractivity contribution in [3.05, 3.63) is 42.1 Å². The molecule has 0 atom stereocenters. The van der Waals surface area contributed by atoms with E-state index >= 15 is 0 Å². The Kier molecular flexibility index (Phi) is 7.01. The highest BCUT2D eigenvalue weighted by Crippen LogP contribution is 2.26. The van der Waals surface area contributed by atoms with Crippen LogP contribution < -0.4 is 15.4 Å². The van der Waals surface area contributed by atoms with Crippen LogP contribution in [0.5, 0.6) is 5.75 Å². The number of anilines is 2. The van der Waals surface area contributed by atoms with Gasteiger partial charge in [0.15, 0.2) is 11.5 Å². The molecule has 0 radical (unpaired) electrons. The minimum atomic E-state index is -0.195. The number of nitrogens with one attached hydrogen (secondary N) is 2. The lowest BCUT2D eigenvalue weighted by Crippen LogP contribution is -2.25. The Morgan fingerprint density at radius 2 is 1.92 bits per heavy atom. The van der Waals surface area contributed by atoms with Gasteiger partial charge in [0, 0.05) is 6.54 Å². The highest BCUT2D eigenvalue weighted by Gasteiger charge is 2.08. The van der Waals surface area contributed by atoms with Gasteiger partial charge in [-0.2, -0.15) is 0 Å². The maximum absolute atomic E-state index is 12.0. The number of nitrogens with zero attached hydrogens (tertiary/aromatic N) is 2. The Morgan fingerprint density at radius 1 is 1.08 bits per heavy atom. The summed E-state index contributed by atoms with van der Waals surface area (Å²) in [5.74, 6) is 1.11. The number of amides is 1. The molecule has 0 spiro atoms. The molecule has 0 unspecified atom stereocenters. The molecule has 0 bridgehead atoms. The molecule has 24 heavy (non-hydrogen) atoms. The summed E-state index contributed by atoms with van der Waals surface area (Å²) < 4.78 is 5.56. The van der Waals surface area contributed by atoms with Crippen molar-refractivity contribution in [2.24, 2.45) is 0 Å². The van der Waals surface area contributed by atoms with Gasteiger partial charge >= 0.3 is 0 Å². The van der Waals surface area contributed by atoms with Gasteiger partial charge in [0.25, 0.3) is 5.91 Å². The molecule has 0 aliphatic carbocycles. The van der Waals surface area contributed by atoms with Crippen molar-refractivity contribution < 1.29 is 9.53 Å². The van der Waals surface area contributed by atoms with E-state index in [4.69, 9.17) is 4.74 Å². The van der Waals surface area contributed by atoms with Crippen LogP contribution in [0.1, 0.15) is 43.6 Å². The molecule has 2 aromatic rings. The first-order valence-electron chi connectivity index (χ1n) is 8.35. The van der Waals surface area contributed by atoms with Gasteiger partial charge in [0.05, 0.1) is 12.3 Å². The van der Waals surface area contributed by atoms with Crippen LogP contribution in [0, 0.1) is 0 Å². The van der Waals surface area contributed by atoms with E-state index in [0.29, 0.717) is 24.7 Å². The minimum Gasteiger partial charge on any atom is -0.492 e. The van der Waals surface area contributed by atoms with Gasteiger partial charge in [0.1, 0.15) is 5.75 Å². The SMILES string of the molecule is CCCCCNC(=O)c1ccc(Nc2ccccc2OCC)nn1. The number of hydrogen-bond acceptors (Lipinski definition) is 5. The molecular formula is C18H24N4O2. The minimum absolute atomic E-state index is 0.195. The van der Waals surface area contributed by atoms with Crippen molar-refractivity contribution >= 4 is 17.4 Å². The maximum atomic E-state index is 12.0. The lowest BCUT2D eigenvalue weighted by Gasteiger charge is -2.11. The topological polar surface area (TPSA) is 76.1 Å². The van der Waals surface area contributed by atoms with Crippen molar-refractivity contribution in [2.75, 3.05) is 18.5 Å². The van der Waals surface area contributed by atoms with Gasteiger partial charge < -0.3 is 15.4 Å². The quantitative estimate of drug-likeness (QED) is 0.689. The molecule has 6 nitrogen and oxygen atoms in total. The van der Waals surface area contributed by atoms with Crippen LogP contribution in [-0.4, -0.2) is 29.3 Å². The first kappa shape index (κ1) is 17.7. The summed E-state index contributed by atoms with van der Waals surface area (Å²) in [5.41, 5.74) is 1.13.